The molecule has 0 aliphatic rings. The maximum absolute atomic E-state index is 10.7. The molecule has 0 bridgehead atoms. The van der Waals surface area contributed by atoms with Crippen molar-refractivity contribution >= 4 is 0 Å². The minimum Gasteiger partial charge on any atom is -0.387 e. The lowest BCUT2D eigenvalue weighted by Crippen LogP contribution is -2.35. The van der Waals surface area contributed by atoms with Crippen molar-refractivity contribution in [2.24, 2.45) is 0 Å². The monoisotopic (exact) mass is 361 g/mol. The molecule has 0 amide bonds. The molecule has 0 aliphatic heterocycles. The second-order valence-corrected chi connectivity index (χ2v) is 6.89. The quantitative estimate of drug-likeness (QED) is 0.620. The largest absolute Gasteiger partial charge is 0.387 e. The zero-order valence-electron chi connectivity index (χ0n) is 15.6. The van der Waals surface area contributed by atoms with Crippen LogP contribution < -0.4 is 0 Å². The summed E-state index contributed by atoms with van der Waals surface area (Å²) in [4.78, 5) is 2.14. The molecule has 3 nitrogen and oxygen atoms in total. The molecule has 27 heavy (non-hydrogen) atoms. The normalized spacial score (nSPS) is 14.7. The molecule has 3 atom stereocenters. The maximum Gasteiger partial charge on any atom is 0.0917 e. The number of hydrogen-bond acceptors (Lipinski definition) is 3. The van der Waals surface area contributed by atoms with Crippen LogP contribution >= 0.6 is 0 Å². The Morgan fingerprint density at radius 2 is 0.926 bits per heavy atom. The van der Waals surface area contributed by atoms with E-state index in [1.54, 1.807) is 0 Å². The lowest BCUT2D eigenvalue weighted by molar-refractivity contribution is 0.0477. The highest BCUT2D eigenvalue weighted by Gasteiger charge is 2.23. The summed E-state index contributed by atoms with van der Waals surface area (Å²) < 4.78 is 0. The molecule has 140 valence electrons. The first-order chi connectivity index (χ1) is 13.1. The second kappa shape index (κ2) is 9.47. The standard InChI is InChI=1S/C24H27NO2/c1-19(20-11-5-2-6-12-20)25(17-23(26)21-13-7-3-8-14-21)18-24(27)22-15-9-4-10-16-22/h2-16,19,23-24,26-27H,17-18H2,1H3/t19-,23-,24-/m0/s1. The Labute approximate surface area is 161 Å². The second-order valence-electron chi connectivity index (χ2n) is 6.89. The van der Waals surface area contributed by atoms with E-state index < -0.39 is 12.2 Å². The van der Waals surface area contributed by atoms with Crippen LogP contribution in [0.5, 0.6) is 0 Å². The van der Waals surface area contributed by atoms with Gasteiger partial charge in [-0.1, -0.05) is 91.0 Å². The van der Waals surface area contributed by atoms with Gasteiger partial charge in [0.15, 0.2) is 0 Å². The predicted octanol–water partition coefficient (Wildman–Crippen LogP) is 4.52. The van der Waals surface area contributed by atoms with Crippen LogP contribution in [0.15, 0.2) is 91.0 Å². The highest BCUT2D eigenvalue weighted by atomic mass is 16.3. The van der Waals surface area contributed by atoms with Crippen molar-refractivity contribution in [2.75, 3.05) is 13.1 Å². The molecular formula is C24H27NO2. The van der Waals surface area contributed by atoms with Crippen LogP contribution in [0.25, 0.3) is 0 Å². The number of rotatable bonds is 8. The smallest absolute Gasteiger partial charge is 0.0917 e. The van der Waals surface area contributed by atoms with E-state index in [2.05, 4.69) is 24.0 Å². The minimum atomic E-state index is -0.611. The van der Waals surface area contributed by atoms with E-state index in [0.717, 1.165) is 16.7 Å². The van der Waals surface area contributed by atoms with Crippen LogP contribution in [-0.4, -0.2) is 28.2 Å². The third-order valence-corrected chi connectivity index (χ3v) is 5.01. The van der Waals surface area contributed by atoms with E-state index in [1.807, 2.05) is 78.9 Å². The fourth-order valence-electron chi connectivity index (χ4n) is 3.34. The molecule has 0 fully saturated rings. The lowest BCUT2D eigenvalue weighted by Gasteiger charge is -2.33. The first-order valence-electron chi connectivity index (χ1n) is 9.40. The molecule has 3 heteroatoms. The molecule has 3 rings (SSSR count). The summed E-state index contributed by atoms with van der Waals surface area (Å²) in [5.41, 5.74) is 2.94. The van der Waals surface area contributed by atoms with E-state index in [0.29, 0.717) is 13.1 Å². The number of aliphatic hydroxyl groups excluding tert-OH is 2. The van der Waals surface area contributed by atoms with Gasteiger partial charge in [0, 0.05) is 19.1 Å². The SMILES string of the molecule is C[C@@H](c1ccccc1)N(C[C@H](O)c1ccccc1)C[C@H](O)c1ccccc1. The van der Waals surface area contributed by atoms with E-state index >= 15 is 0 Å². The molecule has 0 aromatic heterocycles. The first kappa shape index (κ1) is 19.3. The first-order valence-corrected chi connectivity index (χ1v) is 9.40. The third kappa shape index (κ3) is 5.27. The topological polar surface area (TPSA) is 43.7 Å². The Kier molecular flexibility index (Phi) is 6.77. The Bertz CT molecular complexity index is 745. The van der Waals surface area contributed by atoms with Crippen molar-refractivity contribution in [2.45, 2.75) is 25.2 Å². The van der Waals surface area contributed by atoms with Crippen LogP contribution in [-0.2, 0) is 0 Å². The third-order valence-electron chi connectivity index (χ3n) is 5.01. The molecule has 0 unspecified atom stereocenters. The Balaban J connectivity index is 1.79. The van der Waals surface area contributed by atoms with Gasteiger partial charge in [-0.2, -0.15) is 0 Å². The number of nitrogens with zero attached hydrogens (tertiary/aromatic N) is 1. The molecule has 0 radical (unpaired) electrons. The van der Waals surface area contributed by atoms with Crippen molar-refractivity contribution in [3.8, 4) is 0 Å². The summed E-state index contributed by atoms with van der Waals surface area (Å²) in [5, 5.41) is 21.5. The van der Waals surface area contributed by atoms with Gasteiger partial charge >= 0.3 is 0 Å². The molecule has 3 aromatic rings. The molecule has 0 saturated heterocycles. The summed E-state index contributed by atoms with van der Waals surface area (Å²) >= 11 is 0. The molecule has 0 saturated carbocycles. The molecule has 0 heterocycles. The maximum atomic E-state index is 10.7. The van der Waals surface area contributed by atoms with E-state index in [4.69, 9.17) is 0 Å². The Hall–Kier alpha value is -2.46. The summed E-state index contributed by atoms with van der Waals surface area (Å²) in [6.07, 6.45) is -1.22. The van der Waals surface area contributed by atoms with E-state index in [-0.39, 0.29) is 6.04 Å². The minimum absolute atomic E-state index is 0.0722. The molecular weight excluding hydrogens is 334 g/mol. The number of aliphatic hydroxyl groups is 2. The molecule has 0 spiro atoms. The fourth-order valence-corrected chi connectivity index (χ4v) is 3.34. The van der Waals surface area contributed by atoms with Crippen molar-refractivity contribution in [3.63, 3.8) is 0 Å². The van der Waals surface area contributed by atoms with Crippen molar-refractivity contribution < 1.29 is 10.2 Å². The molecule has 3 aromatic carbocycles. The summed E-state index contributed by atoms with van der Waals surface area (Å²) in [6.45, 7) is 3.01. The predicted molar refractivity (Wildman–Crippen MR) is 109 cm³/mol. The van der Waals surface area contributed by atoms with E-state index in [1.165, 1.54) is 0 Å². The van der Waals surface area contributed by atoms with Crippen molar-refractivity contribution in [1.82, 2.24) is 4.90 Å². The van der Waals surface area contributed by atoms with E-state index in [9.17, 15) is 10.2 Å². The van der Waals surface area contributed by atoms with Gasteiger partial charge in [-0.15, -0.1) is 0 Å². The van der Waals surface area contributed by atoms with Gasteiger partial charge in [0.1, 0.15) is 0 Å². The zero-order valence-corrected chi connectivity index (χ0v) is 15.6. The molecule has 2 N–H and O–H groups in total. The van der Waals surface area contributed by atoms with Crippen LogP contribution in [0, 0.1) is 0 Å². The van der Waals surface area contributed by atoms with Crippen LogP contribution in [0.1, 0.15) is 41.9 Å². The zero-order chi connectivity index (χ0) is 19.1. The molecule has 0 aliphatic carbocycles. The van der Waals surface area contributed by atoms with Crippen LogP contribution in [0.3, 0.4) is 0 Å². The average Bonchev–Trinajstić information content (AvgIpc) is 2.74. The van der Waals surface area contributed by atoms with Gasteiger partial charge in [-0.05, 0) is 23.6 Å². The van der Waals surface area contributed by atoms with Gasteiger partial charge in [-0.25, -0.2) is 0 Å². The number of benzene rings is 3. The van der Waals surface area contributed by atoms with Crippen LogP contribution in [0.2, 0.25) is 0 Å². The summed E-state index contributed by atoms with van der Waals surface area (Å²) in [5.74, 6) is 0. The van der Waals surface area contributed by atoms with Gasteiger partial charge in [0.05, 0.1) is 12.2 Å². The lowest BCUT2D eigenvalue weighted by atomic mass is 10.0. The average molecular weight is 361 g/mol. The van der Waals surface area contributed by atoms with Crippen molar-refractivity contribution in [1.29, 1.82) is 0 Å². The highest BCUT2D eigenvalue weighted by Crippen LogP contribution is 2.26. The summed E-state index contributed by atoms with van der Waals surface area (Å²) in [7, 11) is 0. The van der Waals surface area contributed by atoms with Crippen LogP contribution in [0.4, 0.5) is 0 Å². The van der Waals surface area contributed by atoms with Gasteiger partial charge < -0.3 is 10.2 Å². The highest BCUT2D eigenvalue weighted by molar-refractivity contribution is 5.21. The van der Waals surface area contributed by atoms with Crippen molar-refractivity contribution in [3.05, 3.63) is 108 Å². The number of hydrogen-bond donors (Lipinski definition) is 2. The van der Waals surface area contributed by atoms with Gasteiger partial charge in [0.2, 0.25) is 0 Å². The Morgan fingerprint density at radius 1 is 0.593 bits per heavy atom. The van der Waals surface area contributed by atoms with Gasteiger partial charge in [-0.3, -0.25) is 4.90 Å². The fraction of sp³-hybridized carbons (Fsp3) is 0.250. The summed E-state index contributed by atoms with van der Waals surface area (Å²) in [6, 6.07) is 29.6. The Morgan fingerprint density at radius 3 is 1.30 bits per heavy atom. The van der Waals surface area contributed by atoms with Gasteiger partial charge in [0.25, 0.3) is 0 Å².